The Kier molecular flexibility index (Phi) is 5.69. The van der Waals surface area contributed by atoms with Crippen LogP contribution in [0.3, 0.4) is 0 Å². The quantitative estimate of drug-likeness (QED) is 0.753. The van der Waals surface area contributed by atoms with Crippen LogP contribution in [0.1, 0.15) is 46.0 Å². The zero-order valence-corrected chi connectivity index (χ0v) is 10.1. The zero-order chi connectivity index (χ0) is 11.1. The summed E-state index contributed by atoms with van der Waals surface area (Å²) in [5.41, 5.74) is 0. The van der Waals surface area contributed by atoms with Gasteiger partial charge in [0.2, 0.25) is 5.91 Å². The maximum Gasteiger partial charge on any atom is 0.223 e. The van der Waals surface area contributed by atoms with Crippen LogP contribution >= 0.6 is 0 Å². The lowest BCUT2D eigenvalue weighted by molar-refractivity contribution is -0.131. The third kappa shape index (κ3) is 4.65. The first kappa shape index (κ1) is 12.5. The molecule has 3 nitrogen and oxygen atoms in total. The number of piperidine rings is 1. The monoisotopic (exact) mass is 212 g/mol. The Morgan fingerprint density at radius 3 is 2.60 bits per heavy atom. The zero-order valence-electron chi connectivity index (χ0n) is 10.1. The van der Waals surface area contributed by atoms with Crippen molar-refractivity contribution in [3.8, 4) is 0 Å². The van der Waals surface area contributed by atoms with E-state index < -0.39 is 0 Å². The first-order valence-corrected chi connectivity index (χ1v) is 6.25. The van der Waals surface area contributed by atoms with Gasteiger partial charge in [0.25, 0.3) is 0 Å². The second-order valence-electron chi connectivity index (χ2n) is 4.45. The largest absolute Gasteiger partial charge is 0.343 e. The minimum absolute atomic E-state index is 0.325. The molecule has 0 aromatic rings. The number of amides is 1. The Morgan fingerprint density at radius 2 is 2.00 bits per heavy atom. The van der Waals surface area contributed by atoms with Crippen LogP contribution in [0.25, 0.3) is 0 Å². The van der Waals surface area contributed by atoms with Crippen LogP contribution in [-0.4, -0.2) is 36.5 Å². The lowest BCUT2D eigenvalue weighted by atomic mass is 10.1. The molecule has 1 amide bonds. The molecule has 1 unspecified atom stereocenters. The number of likely N-dealkylation sites (tertiary alicyclic amines) is 1. The minimum atomic E-state index is 0.325. The van der Waals surface area contributed by atoms with Crippen LogP contribution in [-0.2, 0) is 4.79 Å². The molecule has 15 heavy (non-hydrogen) atoms. The van der Waals surface area contributed by atoms with E-state index >= 15 is 0 Å². The van der Waals surface area contributed by atoms with E-state index in [1.165, 1.54) is 19.3 Å². The Morgan fingerprint density at radius 1 is 1.33 bits per heavy atom. The van der Waals surface area contributed by atoms with Crippen LogP contribution in [0, 0.1) is 0 Å². The van der Waals surface area contributed by atoms with E-state index in [2.05, 4.69) is 19.2 Å². The van der Waals surface area contributed by atoms with E-state index in [0.29, 0.717) is 18.4 Å². The molecule has 0 bridgehead atoms. The SMILES string of the molecule is CCC(C)NCCC(=O)N1CCCCC1. The van der Waals surface area contributed by atoms with Gasteiger partial charge in [-0.15, -0.1) is 0 Å². The van der Waals surface area contributed by atoms with Crippen LogP contribution in [0.4, 0.5) is 0 Å². The number of carbonyl (C=O) groups excluding carboxylic acids is 1. The van der Waals surface area contributed by atoms with Gasteiger partial charge in [0.05, 0.1) is 0 Å². The van der Waals surface area contributed by atoms with Gasteiger partial charge in [-0.05, 0) is 32.6 Å². The Labute approximate surface area is 93.2 Å². The maximum atomic E-state index is 11.8. The Bertz CT molecular complexity index is 188. The highest BCUT2D eigenvalue weighted by molar-refractivity contribution is 5.76. The van der Waals surface area contributed by atoms with Crippen LogP contribution in [0.15, 0.2) is 0 Å². The molecule has 0 aromatic carbocycles. The highest BCUT2D eigenvalue weighted by atomic mass is 16.2. The molecule has 1 aliphatic heterocycles. The summed E-state index contributed by atoms with van der Waals surface area (Å²) in [4.78, 5) is 13.8. The standard InChI is InChI=1S/C12H24N2O/c1-3-11(2)13-8-7-12(15)14-9-5-4-6-10-14/h11,13H,3-10H2,1-2H3. The van der Waals surface area contributed by atoms with Crippen molar-refractivity contribution in [2.24, 2.45) is 0 Å². The summed E-state index contributed by atoms with van der Waals surface area (Å²) >= 11 is 0. The summed E-state index contributed by atoms with van der Waals surface area (Å²) in [7, 11) is 0. The van der Waals surface area contributed by atoms with E-state index in [1.54, 1.807) is 0 Å². The molecule has 1 rings (SSSR count). The molecule has 0 aliphatic carbocycles. The Balaban J connectivity index is 2.12. The molecule has 0 radical (unpaired) electrons. The average molecular weight is 212 g/mol. The van der Waals surface area contributed by atoms with Gasteiger partial charge in [0.15, 0.2) is 0 Å². The van der Waals surface area contributed by atoms with Crippen LogP contribution < -0.4 is 5.32 Å². The smallest absolute Gasteiger partial charge is 0.223 e. The molecule has 1 heterocycles. The third-order valence-electron chi connectivity index (χ3n) is 3.15. The fourth-order valence-electron chi connectivity index (χ4n) is 1.87. The normalized spacial score (nSPS) is 18.9. The molecule has 1 atom stereocenters. The lowest BCUT2D eigenvalue weighted by Gasteiger charge is -2.27. The van der Waals surface area contributed by atoms with E-state index in [1.807, 2.05) is 4.90 Å². The number of nitrogens with zero attached hydrogens (tertiary/aromatic N) is 1. The summed E-state index contributed by atoms with van der Waals surface area (Å²) in [5, 5.41) is 3.35. The van der Waals surface area contributed by atoms with Crippen molar-refractivity contribution in [1.29, 1.82) is 0 Å². The maximum absolute atomic E-state index is 11.8. The molecular formula is C12H24N2O. The van der Waals surface area contributed by atoms with Crippen molar-refractivity contribution in [2.45, 2.75) is 52.0 Å². The molecule has 0 spiro atoms. The van der Waals surface area contributed by atoms with Gasteiger partial charge in [-0.2, -0.15) is 0 Å². The van der Waals surface area contributed by atoms with Gasteiger partial charge in [-0.1, -0.05) is 6.92 Å². The van der Waals surface area contributed by atoms with Gasteiger partial charge in [0, 0.05) is 32.1 Å². The van der Waals surface area contributed by atoms with E-state index in [0.717, 1.165) is 26.1 Å². The molecule has 1 N–H and O–H groups in total. The van der Waals surface area contributed by atoms with Crippen molar-refractivity contribution < 1.29 is 4.79 Å². The fraction of sp³-hybridized carbons (Fsp3) is 0.917. The third-order valence-corrected chi connectivity index (χ3v) is 3.15. The van der Waals surface area contributed by atoms with E-state index in [9.17, 15) is 4.79 Å². The molecule has 1 aliphatic rings. The summed E-state index contributed by atoms with van der Waals surface area (Å²) in [6, 6.07) is 0.527. The Hall–Kier alpha value is -0.570. The van der Waals surface area contributed by atoms with Crippen molar-refractivity contribution >= 4 is 5.91 Å². The predicted molar refractivity (Wildman–Crippen MR) is 62.8 cm³/mol. The van der Waals surface area contributed by atoms with Crippen LogP contribution in [0.2, 0.25) is 0 Å². The van der Waals surface area contributed by atoms with Crippen molar-refractivity contribution in [3.05, 3.63) is 0 Å². The van der Waals surface area contributed by atoms with Gasteiger partial charge in [0.1, 0.15) is 0 Å². The second kappa shape index (κ2) is 6.83. The molecule has 1 saturated heterocycles. The molecule has 3 heteroatoms. The summed E-state index contributed by atoms with van der Waals surface area (Å²) in [6.45, 7) is 7.09. The van der Waals surface area contributed by atoms with Crippen molar-refractivity contribution in [2.75, 3.05) is 19.6 Å². The summed E-state index contributed by atoms with van der Waals surface area (Å²) in [6.07, 6.45) is 5.44. The van der Waals surface area contributed by atoms with Gasteiger partial charge in [-0.3, -0.25) is 4.79 Å². The molecule has 0 aromatic heterocycles. The number of hydrogen-bond donors (Lipinski definition) is 1. The first-order chi connectivity index (χ1) is 7.24. The van der Waals surface area contributed by atoms with Gasteiger partial charge < -0.3 is 10.2 Å². The fourth-order valence-corrected chi connectivity index (χ4v) is 1.87. The van der Waals surface area contributed by atoms with Crippen molar-refractivity contribution in [1.82, 2.24) is 10.2 Å². The van der Waals surface area contributed by atoms with E-state index in [4.69, 9.17) is 0 Å². The highest BCUT2D eigenvalue weighted by Crippen LogP contribution is 2.09. The first-order valence-electron chi connectivity index (χ1n) is 6.25. The number of rotatable bonds is 5. The molecule has 0 saturated carbocycles. The minimum Gasteiger partial charge on any atom is -0.343 e. The average Bonchev–Trinajstić information content (AvgIpc) is 2.29. The topological polar surface area (TPSA) is 32.3 Å². The van der Waals surface area contributed by atoms with Crippen molar-refractivity contribution in [3.63, 3.8) is 0 Å². The molecular weight excluding hydrogens is 188 g/mol. The lowest BCUT2D eigenvalue weighted by Crippen LogP contribution is -2.38. The summed E-state index contributed by atoms with van der Waals surface area (Å²) in [5.74, 6) is 0.325. The highest BCUT2D eigenvalue weighted by Gasteiger charge is 2.15. The second-order valence-corrected chi connectivity index (χ2v) is 4.45. The van der Waals surface area contributed by atoms with Crippen LogP contribution in [0.5, 0.6) is 0 Å². The van der Waals surface area contributed by atoms with Gasteiger partial charge >= 0.3 is 0 Å². The number of hydrogen-bond acceptors (Lipinski definition) is 2. The number of carbonyl (C=O) groups is 1. The molecule has 88 valence electrons. The predicted octanol–water partition coefficient (Wildman–Crippen LogP) is 1.78. The van der Waals surface area contributed by atoms with E-state index in [-0.39, 0.29) is 0 Å². The number of nitrogens with one attached hydrogen (secondary N) is 1. The molecule has 1 fully saturated rings. The summed E-state index contributed by atoms with van der Waals surface area (Å²) < 4.78 is 0. The van der Waals surface area contributed by atoms with Gasteiger partial charge in [-0.25, -0.2) is 0 Å².